The van der Waals surface area contributed by atoms with E-state index in [0.717, 1.165) is 42.3 Å². The van der Waals surface area contributed by atoms with Crippen LogP contribution in [0.5, 0.6) is 0 Å². The molecule has 1 aromatic carbocycles. The Morgan fingerprint density at radius 1 is 1.14 bits per heavy atom. The standard InChI is InChI=1S/C29H37N3O2S/c1-4-23-16-24-26(35-23)17-25-27(33)32(18-20(2)21-12-8-7-9-13-21)29(3,19-31(24)25)28(34)30-22-14-10-5-6-11-15-22/h7-9,12-13,16-17,20,22H,4-6,10-11,14-15,18-19H2,1-3H3,(H,30,34)/t20-,29-/m0/s1. The molecule has 0 saturated heterocycles. The summed E-state index contributed by atoms with van der Waals surface area (Å²) in [6.45, 7) is 7.26. The largest absolute Gasteiger partial charge is 0.351 e. The van der Waals surface area contributed by atoms with Gasteiger partial charge in [-0.15, -0.1) is 11.3 Å². The van der Waals surface area contributed by atoms with E-state index in [1.807, 2.05) is 36.1 Å². The minimum absolute atomic E-state index is 0.0172. The number of hydrogen-bond acceptors (Lipinski definition) is 3. The van der Waals surface area contributed by atoms with E-state index in [1.165, 1.54) is 23.3 Å². The van der Waals surface area contributed by atoms with Gasteiger partial charge in [-0.1, -0.05) is 69.9 Å². The Kier molecular flexibility index (Phi) is 6.75. The minimum atomic E-state index is -0.945. The predicted molar refractivity (Wildman–Crippen MR) is 143 cm³/mol. The number of benzene rings is 1. The second-order valence-electron chi connectivity index (χ2n) is 10.6. The van der Waals surface area contributed by atoms with E-state index in [1.54, 1.807) is 11.3 Å². The van der Waals surface area contributed by atoms with Crippen molar-refractivity contribution in [2.24, 2.45) is 0 Å². The number of aromatic nitrogens is 1. The lowest BCUT2D eigenvalue weighted by Gasteiger charge is -2.45. The fourth-order valence-electron chi connectivity index (χ4n) is 5.77. The third-order valence-corrected chi connectivity index (χ3v) is 9.24. The van der Waals surface area contributed by atoms with E-state index in [9.17, 15) is 9.59 Å². The van der Waals surface area contributed by atoms with E-state index < -0.39 is 5.54 Å². The van der Waals surface area contributed by atoms with Crippen molar-refractivity contribution < 1.29 is 9.59 Å². The molecule has 0 bridgehead atoms. The fraction of sp³-hybridized carbons (Fsp3) is 0.517. The van der Waals surface area contributed by atoms with Crippen LogP contribution in [0.4, 0.5) is 0 Å². The van der Waals surface area contributed by atoms with Gasteiger partial charge in [-0.3, -0.25) is 9.59 Å². The summed E-state index contributed by atoms with van der Waals surface area (Å²) >= 11 is 1.75. The monoisotopic (exact) mass is 491 g/mol. The Balaban J connectivity index is 1.51. The fourth-order valence-corrected chi connectivity index (χ4v) is 6.82. The van der Waals surface area contributed by atoms with Crippen LogP contribution in [-0.2, 0) is 17.8 Å². The number of rotatable bonds is 6. The maximum absolute atomic E-state index is 14.0. The van der Waals surface area contributed by atoms with Gasteiger partial charge in [0.2, 0.25) is 5.91 Å². The highest BCUT2D eigenvalue weighted by atomic mass is 32.1. The lowest BCUT2D eigenvalue weighted by atomic mass is 9.91. The zero-order valence-electron chi connectivity index (χ0n) is 21.2. The molecule has 5 nitrogen and oxygen atoms in total. The van der Waals surface area contributed by atoms with Gasteiger partial charge in [0, 0.05) is 17.5 Å². The molecule has 1 aliphatic carbocycles. The van der Waals surface area contributed by atoms with Gasteiger partial charge in [0.1, 0.15) is 11.2 Å². The van der Waals surface area contributed by atoms with Crippen LogP contribution in [0.25, 0.3) is 10.2 Å². The number of nitrogens with one attached hydrogen (secondary N) is 1. The zero-order valence-corrected chi connectivity index (χ0v) is 22.0. The molecule has 0 spiro atoms. The average molecular weight is 492 g/mol. The predicted octanol–water partition coefficient (Wildman–Crippen LogP) is 6.12. The van der Waals surface area contributed by atoms with Crippen LogP contribution in [0, 0.1) is 0 Å². The number of nitrogens with zero attached hydrogens (tertiary/aromatic N) is 2. The third kappa shape index (κ3) is 4.53. The second kappa shape index (κ2) is 9.81. The van der Waals surface area contributed by atoms with Crippen LogP contribution >= 0.6 is 11.3 Å². The summed E-state index contributed by atoms with van der Waals surface area (Å²) in [5.41, 5.74) is 2.02. The van der Waals surface area contributed by atoms with Gasteiger partial charge in [0.15, 0.2) is 0 Å². The smallest absolute Gasteiger partial charge is 0.271 e. The lowest BCUT2D eigenvalue weighted by Crippen LogP contribution is -2.65. The van der Waals surface area contributed by atoms with Gasteiger partial charge >= 0.3 is 0 Å². The van der Waals surface area contributed by atoms with Crippen molar-refractivity contribution in [2.45, 2.75) is 89.8 Å². The lowest BCUT2D eigenvalue weighted by molar-refractivity contribution is -0.133. The van der Waals surface area contributed by atoms with Crippen LogP contribution in [-0.4, -0.2) is 39.4 Å². The van der Waals surface area contributed by atoms with Crippen LogP contribution in [0.2, 0.25) is 0 Å². The van der Waals surface area contributed by atoms with Crippen LogP contribution < -0.4 is 5.32 Å². The molecule has 2 aliphatic rings. The van der Waals surface area contributed by atoms with Crippen molar-refractivity contribution in [3.8, 4) is 0 Å². The number of aryl methyl sites for hydroxylation is 1. The molecule has 35 heavy (non-hydrogen) atoms. The first kappa shape index (κ1) is 24.1. The van der Waals surface area contributed by atoms with Crippen molar-refractivity contribution in [3.63, 3.8) is 0 Å². The maximum atomic E-state index is 14.0. The molecular weight excluding hydrogens is 454 g/mol. The summed E-state index contributed by atoms with van der Waals surface area (Å²) in [4.78, 5) is 31.2. The van der Waals surface area contributed by atoms with E-state index in [4.69, 9.17) is 0 Å². The number of thiophene rings is 1. The van der Waals surface area contributed by atoms with Gasteiger partial charge < -0.3 is 14.8 Å². The third-order valence-electron chi connectivity index (χ3n) is 8.02. The molecule has 2 aromatic heterocycles. The highest BCUT2D eigenvalue weighted by Gasteiger charge is 2.48. The molecule has 5 rings (SSSR count). The summed E-state index contributed by atoms with van der Waals surface area (Å²) in [6, 6.07) is 14.7. The van der Waals surface area contributed by atoms with E-state index >= 15 is 0 Å². The molecule has 1 aliphatic heterocycles. The number of carbonyl (C=O) groups excluding carboxylic acids is 2. The molecule has 1 N–H and O–H groups in total. The first-order valence-electron chi connectivity index (χ1n) is 13.2. The summed E-state index contributed by atoms with van der Waals surface area (Å²) in [7, 11) is 0. The van der Waals surface area contributed by atoms with Crippen LogP contribution in [0.1, 0.15) is 86.1 Å². The van der Waals surface area contributed by atoms with Gasteiger partial charge in [0.25, 0.3) is 5.91 Å². The molecule has 1 fully saturated rings. The topological polar surface area (TPSA) is 54.3 Å². The van der Waals surface area contributed by atoms with Crippen molar-refractivity contribution in [3.05, 3.63) is 58.6 Å². The summed E-state index contributed by atoms with van der Waals surface area (Å²) in [5, 5.41) is 3.38. The van der Waals surface area contributed by atoms with E-state index in [2.05, 4.69) is 41.9 Å². The summed E-state index contributed by atoms with van der Waals surface area (Å²) in [5.74, 6) is 0.0648. The molecule has 0 unspecified atom stereocenters. The van der Waals surface area contributed by atoms with Crippen molar-refractivity contribution in [2.75, 3.05) is 6.54 Å². The molecule has 2 amide bonds. The molecule has 6 heteroatoms. The average Bonchev–Trinajstić information content (AvgIpc) is 3.31. The molecule has 186 valence electrons. The number of hydrogen-bond donors (Lipinski definition) is 1. The Morgan fingerprint density at radius 2 is 1.86 bits per heavy atom. The number of carbonyl (C=O) groups is 2. The van der Waals surface area contributed by atoms with E-state index in [-0.39, 0.29) is 23.8 Å². The Labute approximate surface area is 212 Å². The number of fused-ring (bicyclic) bond motifs is 3. The van der Waals surface area contributed by atoms with Gasteiger partial charge in [-0.05, 0) is 49.8 Å². The van der Waals surface area contributed by atoms with Gasteiger partial charge in [-0.25, -0.2) is 0 Å². The first-order valence-corrected chi connectivity index (χ1v) is 14.0. The Hall–Kier alpha value is -2.60. The molecular formula is C29H37N3O2S. The highest BCUT2D eigenvalue weighted by Crippen LogP contribution is 2.37. The first-order chi connectivity index (χ1) is 16.9. The van der Waals surface area contributed by atoms with Crippen LogP contribution in [0.15, 0.2) is 42.5 Å². The highest BCUT2D eigenvalue weighted by molar-refractivity contribution is 7.19. The molecule has 1 saturated carbocycles. The zero-order chi connectivity index (χ0) is 24.6. The van der Waals surface area contributed by atoms with Crippen molar-refractivity contribution in [1.29, 1.82) is 0 Å². The minimum Gasteiger partial charge on any atom is -0.351 e. The molecule has 3 aromatic rings. The van der Waals surface area contributed by atoms with Crippen LogP contribution in [0.3, 0.4) is 0 Å². The normalized spacial score (nSPS) is 22.1. The van der Waals surface area contributed by atoms with Crippen molar-refractivity contribution in [1.82, 2.24) is 14.8 Å². The Morgan fingerprint density at radius 3 is 2.54 bits per heavy atom. The maximum Gasteiger partial charge on any atom is 0.271 e. The van der Waals surface area contributed by atoms with E-state index in [0.29, 0.717) is 18.8 Å². The molecule has 3 heterocycles. The molecule has 2 atom stereocenters. The number of amides is 2. The SMILES string of the molecule is CCc1cc2c(cc3n2C[C@@](C)(C(=O)NC2CCCCCC2)N(C[C@H](C)c2ccccc2)C3=O)s1. The Bertz CT molecular complexity index is 1210. The van der Waals surface area contributed by atoms with Crippen molar-refractivity contribution >= 4 is 33.4 Å². The van der Waals surface area contributed by atoms with Gasteiger partial charge in [0.05, 0.1) is 16.8 Å². The summed E-state index contributed by atoms with van der Waals surface area (Å²) in [6.07, 6.45) is 7.83. The second-order valence-corrected chi connectivity index (χ2v) is 11.8. The summed E-state index contributed by atoms with van der Waals surface area (Å²) < 4.78 is 3.23. The quantitative estimate of drug-likeness (QED) is 0.422. The van der Waals surface area contributed by atoms with Gasteiger partial charge in [-0.2, -0.15) is 0 Å². The molecule has 0 radical (unpaired) electrons.